The van der Waals surface area contributed by atoms with Crippen LogP contribution < -0.4 is 5.73 Å². The van der Waals surface area contributed by atoms with Crippen LogP contribution in [-0.4, -0.2) is 11.9 Å². The second-order valence-corrected chi connectivity index (χ2v) is 3.96. The van der Waals surface area contributed by atoms with Crippen LogP contribution in [-0.2, 0) is 0 Å². The van der Waals surface area contributed by atoms with Gasteiger partial charge >= 0.3 is 0 Å². The van der Waals surface area contributed by atoms with Crippen molar-refractivity contribution in [1.82, 2.24) is 0 Å². The van der Waals surface area contributed by atoms with Crippen molar-refractivity contribution < 1.29 is 0 Å². The van der Waals surface area contributed by atoms with Gasteiger partial charge in [0, 0.05) is 5.56 Å². The number of amidine groups is 1. The van der Waals surface area contributed by atoms with Crippen LogP contribution in [0.2, 0.25) is 0 Å². The average molecular weight is 240 g/mol. The Bertz CT molecular complexity index is 467. The molecule has 18 heavy (non-hydrogen) atoms. The fourth-order valence-electron chi connectivity index (χ4n) is 1.63. The van der Waals surface area contributed by atoms with Crippen molar-refractivity contribution >= 4 is 5.84 Å². The third kappa shape index (κ3) is 4.06. The minimum atomic E-state index is 0.0133. The summed E-state index contributed by atoms with van der Waals surface area (Å²) in [7, 11) is 0. The fourth-order valence-corrected chi connectivity index (χ4v) is 1.63. The van der Waals surface area contributed by atoms with E-state index in [2.05, 4.69) is 11.6 Å². The van der Waals surface area contributed by atoms with Gasteiger partial charge in [-0.25, -0.2) is 0 Å². The lowest BCUT2D eigenvalue weighted by atomic mass is 10.1. The van der Waals surface area contributed by atoms with Crippen molar-refractivity contribution in [3.63, 3.8) is 0 Å². The molecule has 2 N–H and O–H groups in total. The normalized spacial score (nSPS) is 14.8. The third-order valence-corrected chi connectivity index (χ3v) is 2.55. The number of rotatable bonds is 5. The molecule has 0 aliphatic rings. The molecule has 0 bridgehead atoms. The van der Waals surface area contributed by atoms with Crippen molar-refractivity contribution in [1.29, 1.82) is 0 Å². The maximum atomic E-state index is 6.00. The first kappa shape index (κ1) is 14.0. The van der Waals surface area contributed by atoms with E-state index >= 15 is 0 Å². The van der Waals surface area contributed by atoms with Crippen LogP contribution in [0.3, 0.4) is 0 Å². The molecule has 0 aromatic heterocycles. The van der Waals surface area contributed by atoms with Crippen LogP contribution in [0.1, 0.15) is 19.4 Å². The zero-order valence-electron chi connectivity index (χ0n) is 11.0. The van der Waals surface area contributed by atoms with E-state index in [4.69, 9.17) is 5.73 Å². The second kappa shape index (κ2) is 7.28. The molecule has 0 saturated heterocycles. The zero-order chi connectivity index (χ0) is 13.4. The van der Waals surface area contributed by atoms with Crippen LogP contribution >= 0.6 is 0 Å². The summed E-state index contributed by atoms with van der Waals surface area (Å²) in [6.07, 6.45) is 7.72. The number of hydrogen-bond acceptors (Lipinski definition) is 1. The molecule has 0 amide bonds. The van der Waals surface area contributed by atoms with Crippen LogP contribution in [0.5, 0.6) is 0 Å². The van der Waals surface area contributed by atoms with Gasteiger partial charge in [0.25, 0.3) is 0 Å². The Kier molecular flexibility index (Phi) is 5.65. The molecule has 1 atom stereocenters. The SMILES string of the molecule is C=C/C=C(\C=C/C)C(C)N=C(N)c1ccccc1. The molecule has 0 fully saturated rings. The smallest absolute Gasteiger partial charge is 0.126 e. The van der Waals surface area contributed by atoms with Crippen LogP contribution in [0.4, 0.5) is 0 Å². The number of nitrogens with two attached hydrogens (primary N) is 1. The van der Waals surface area contributed by atoms with Gasteiger partial charge in [-0.05, 0) is 19.4 Å². The number of hydrogen-bond donors (Lipinski definition) is 1. The van der Waals surface area contributed by atoms with Crippen molar-refractivity contribution in [3.05, 3.63) is 72.4 Å². The van der Waals surface area contributed by atoms with Gasteiger partial charge in [-0.15, -0.1) is 0 Å². The van der Waals surface area contributed by atoms with Gasteiger partial charge in [-0.1, -0.05) is 61.2 Å². The lowest BCUT2D eigenvalue weighted by molar-refractivity contribution is 0.883. The predicted molar refractivity (Wildman–Crippen MR) is 79.7 cm³/mol. The molecule has 1 unspecified atom stereocenters. The summed E-state index contributed by atoms with van der Waals surface area (Å²) in [5.41, 5.74) is 8.04. The molecule has 0 spiro atoms. The van der Waals surface area contributed by atoms with Crippen molar-refractivity contribution in [2.75, 3.05) is 0 Å². The van der Waals surface area contributed by atoms with E-state index in [0.717, 1.165) is 11.1 Å². The van der Waals surface area contributed by atoms with Gasteiger partial charge in [0.15, 0.2) is 0 Å². The van der Waals surface area contributed by atoms with Crippen LogP contribution in [0.15, 0.2) is 71.8 Å². The highest BCUT2D eigenvalue weighted by molar-refractivity contribution is 5.97. The van der Waals surface area contributed by atoms with Crippen LogP contribution in [0.25, 0.3) is 0 Å². The molecular formula is C16H20N2. The van der Waals surface area contributed by atoms with Gasteiger partial charge in [-0.3, -0.25) is 4.99 Å². The van der Waals surface area contributed by atoms with Crippen molar-refractivity contribution in [2.24, 2.45) is 10.7 Å². The molecule has 94 valence electrons. The first-order valence-electron chi connectivity index (χ1n) is 6.03. The van der Waals surface area contributed by atoms with E-state index in [1.807, 2.05) is 62.4 Å². The summed E-state index contributed by atoms with van der Waals surface area (Å²) >= 11 is 0. The van der Waals surface area contributed by atoms with Gasteiger partial charge in [0.1, 0.15) is 5.84 Å². The first-order valence-corrected chi connectivity index (χ1v) is 6.03. The summed E-state index contributed by atoms with van der Waals surface area (Å²) in [5.74, 6) is 0.558. The highest BCUT2D eigenvalue weighted by atomic mass is 14.9. The summed E-state index contributed by atoms with van der Waals surface area (Å²) in [5, 5.41) is 0. The molecule has 0 radical (unpaired) electrons. The molecule has 2 heteroatoms. The number of allylic oxidation sites excluding steroid dienone is 3. The standard InChI is InChI=1S/C16H20N2/c1-4-9-14(10-5-2)13(3)18-16(17)15-11-7-6-8-12-15/h4-13H,1H2,2-3H3,(H2,17,18)/b10-5-,14-9+. The molecule has 1 rings (SSSR count). The van der Waals surface area contributed by atoms with Gasteiger partial charge < -0.3 is 5.73 Å². The average Bonchev–Trinajstić information content (AvgIpc) is 2.39. The summed E-state index contributed by atoms with van der Waals surface area (Å²) in [4.78, 5) is 4.51. The quantitative estimate of drug-likeness (QED) is 0.477. The molecule has 0 aliphatic carbocycles. The van der Waals surface area contributed by atoms with E-state index in [1.54, 1.807) is 6.08 Å². The van der Waals surface area contributed by atoms with Crippen LogP contribution in [0, 0.1) is 0 Å². The van der Waals surface area contributed by atoms with Crippen molar-refractivity contribution in [3.8, 4) is 0 Å². The number of benzene rings is 1. The van der Waals surface area contributed by atoms with E-state index in [9.17, 15) is 0 Å². The highest BCUT2D eigenvalue weighted by Crippen LogP contribution is 2.10. The topological polar surface area (TPSA) is 38.4 Å². The van der Waals surface area contributed by atoms with E-state index in [-0.39, 0.29) is 6.04 Å². The van der Waals surface area contributed by atoms with E-state index in [0.29, 0.717) is 5.84 Å². The Morgan fingerprint density at radius 2 is 2.00 bits per heavy atom. The minimum absolute atomic E-state index is 0.0133. The Balaban J connectivity index is 2.94. The van der Waals surface area contributed by atoms with Gasteiger partial charge in [0.05, 0.1) is 6.04 Å². The second-order valence-electron chi connectivity index (χ2n) is 3.96. The lowest BCUT2D eigenvalue weighted by Crippen LogP contribution is -2.17. The monoisotopic (exact) mass is 240 g/mol. The van der Waals surface area contributed by atoms with Gasteiger partial charge in [-0.2, -0.15) is 0 Å². The van der Waals surface area contributed by atoms with E-state index in [1.165, 1.54) is 0 Å². The van der Waals surface area contributed by atoms with Gasteiger partial charge in [0.2, 0.25) is 0 Å². The molecular weight excluding hydrogens is 220 g/mol. The maximum Gasteiger partial charge on any atom is 0.126 e. The summed E-state index contributed by atoms with van der Waals surface area (Å²) < 4.78 is 0. The lowest BCUT2D eigenvalue weighted by Gasteiger charge is -2.09. The molecule has 1 aromatic carbocycles. The third-order valence-electron chi connectivity index (χ3n) is 2.55. The number of aliphatic imine (C=N–C) groups is 1. The first-order chi connectivity index (χ1) is 8.69. The summed E-state index contributed by atoms with van der Waals surface area (Å²) in [6, 6.07) is 9.79. The molecule has 0 saturated carbocycles. The highest BCUT2D eigenvalue weighted by Gasteiger charge is 2.05. The molecule has 0 heterocycles. The number of nitrogens with zero attached hydrogens (tertiary/aromatic N) is 1. The molecule has 1 aromatic rings. The predicted octanol–water partition coefficient (Wildman–Crippen LogP) is 3.47. The Morgan fingerprint density at radius 1 is 1.33 bits per heavy atom. The Hall–Kier alpha value is -2.09. The largest absolute Gasteiger partial charge is 0.383 e. The summed E-state index contributed by atoms with van der Waals surface area (Å²) in [6.45, 7) is 7.71. The minimum Gasteiger partial charge on any atom is -0.383 e. The fraction of sp³-hybridized carbons (Fsp3) is 0.188. The Labute approximate surface area is 109 Å². The Morgan fingerprint density at radius 3 is 2.56 bits per heavy atom. The maximum absolute atomic E-state index is 6.00. The van der Waals surface area contributed by atoms with Crippen molar-refractivity contribution in [2.45, 2.75) is 19.9 Å². The molecule has 2 nitrogen and oxygen atoms in total. The molecule has 0 aliphatic heterocycles. The zero-order valence-corrected chi connectivity index (χ0v) is 11.0. The van der Waals surface area contributed by atoms with E-state index < -0.39 is 0 Å².